The van der Waals surface area contributed by atoms with E-state index < -0.39 is 6.03 Å². The van der Waals surface area contributed by atoms with Gasteiger partial charge in [-0.1, -0.05) is 0 Å². The van der Waals surface area contributed by atoms with E-state index in [9.17, 15) is 14.4 Å². The molecule has 15 heavy (non-hydrogen) atoms. The lowest BCUT2D eigenvalue weighted by molar-refractivity contribution is -0.130. The number of methoxy groups -OCH3 is 1. The quantitative estimate of drug-likeness (QED) is 0.422. The van der Waals surface area contributed by atoms with Gasteiger partial charge in [-0.2, -0.15) is 0 Å². The number of ether oxygens (including phenoxy) is 1. The molecule has 2 N–H and O–H groups in total. The van der Waals surface area contributed by atoms with E-state index in [1.54, 1.807) is 0 Å². The van der Waals surface area contributed by atoms with E-state index >= 15 is 0 Å². The van der Waals surface area contributed by atoms with Crippen LogP contribution in [-0.4, -0.2) is 56.1 Å². The van der Waals surface area contributed by atoms with Crippen LogP contribution in [0.4, 0.5) is 4.79 Å². The van der Waals surface area contributed by atoms with Crippen molar-refractivity contribution in [1.29, 1.82) is 0 Å². The van der Waals surface area contributed by atoms with E-state index in [0.717, 1.165) is 4.90 Å². The molecular weight excluding hydrogens is 202 g/mol. The summed E-state index contributed by atoms with van der Waals surface area (Å²) in [5.74, 6) is -0.764. The summed E-state index contributed by atoms with van der Waals surface area (Å²) < 4.78 is 4.73. The standard InChI is InChI=1S/C8H13N3O4/c1-15-3-2-9-6(12)5-11-7(13)4-10-8(11)14/h2-5H2,1H3,(H,9,12)(H,10,14). The zero-order valence-electron chi connectivity index (χ0n) is 8.41. The lowest BCUT2D eigenvalue weighted by Crippen LogP contribution is -2.41. The summed E-state index contributed by atoms with van der Waals surface area (Å²) in [4.78, 5) is 34.2. The first-order valence-corrected chi connectivity index (χ1v) is 4.49. The lowest BCUT2D eigenvalue weighted by Gasteiger charge is -2.11. The normalized spacial score (nSPS) is 15.4. The van der Waals surface area contributed by atoms with Crippen LogP contribution in [0.3, 0.4) is 0 Å². The van der Waals surface area contributed by atoms with Crippen molar-refractivity contribution in [2.45, 2.75) is 0 Å². The summed E-state index contributed by atoms with van der Waals surface area (Å²) in [6.45, 7) is 0.476. The van der Waals surface area contributed by atoms with Crippen LogP contribution in [-0.2, 0) is 14.3 Å². The van der Waals surface area contributed by atoms with Gasteiger partial charge >= 0.3 is 6.03 Å². The molecule has 4 amide bonds. The largest absolute Gasteiger partial charge is 0.383 e. The van der Waals surface area contributed by atoms with Gasteiger partial charge in [-0.05, 0) is 0 Å². The predicted octanol–water partition coefficient (Wildman–Crippen LogP) is -1.70. The van der Waals surface area contributed by atoms with Crippen molar-refractivity contribution in [3.8, 4) is 0 Å². The summed E-state index contributed by atoms with van der Waals surface area (Å²) in [7, 11) is 1.52. The molecule has 0 aromatic heterocycles. The summed E-state index contributed by atoms with van der Waals surface area (Å²) in [6, 6.07) is -0.526. The SMILES string of the molecule is COCCNC(=O)CN1C(=O)CNC1=O. The molecule has 1 saturated heterocycles. The average Bonchev–Trinajstić information content (AvgIpc) is 2.50. The Hall–Kier alpha value is -1.63. The second-order valence-corrected chi connectivity index (χ2v) is 2.98. The molecule has 1 aliphatic rings. The number of amides is 4. The molecule has 1 heterocycles. The molecule has 0 unspecified atom stereocenters. The van der Waals surface area contributed by atoms with Gasteiger partial charge in [-0.25, -0.2) is 4.79 Å². The van der Waals surface area contributed by atoms with Crippen LogP contribution < -0.4 is 10.6 Å². The van der Waals surface area contributed by atoms with Crippen molar-refractivity contribution < 1.29 is 19.1 Å². The molecule has 1 aliphatic heterocycles. The van der Waals surface area contributed by atoms with Crippen molar-refractivity contribution in [3.05, 3.63) is 0 Å². The third-order valence-electron chi connectivity index (χ3n) is 1.87. The second kappa shape index (κ2) is 5.30. The first kappa shape index (κ1) is 11.4. The number of nitrogens with one attached hydrogen (secondary N) is 2. The number of rotatable bonds is 5. The second-order valence-electron chi connectivity index (χ2n) is 2.98. The molecule has 7 nitrogen and oxygen atoms in total. The van der Waals surface area contributed by atoms with Gasteiger partial charge in [0.05, 0.1) is 13.2 Å². The summed E-state index contributed by atoms with van der Waals surface area (Å²) in [5, 5.41) is 4.84. The molecule has 7 heteroatoms. The minimum absolute atomic E-state index is 0.0375. The maximum absolute atomic E-state index is 11.2. The maximum Gasteiger partial charge on any atom is 0.325 e. The van der Waals surface area contributed by atoms with E-state index in [1.165, 1.54) is 7.11 Å². The maximum atomic E-state index is 11.2. The van der Waals surface area contributed by atoms with Crippen molar-refractivity contribution >= 4 is 17.8 Å². The van der Waals surface area contributed by atoms with Crippen LogP contribution in [0, 0.1) is 0 Å². The lowest BCUT2D eigenvalue weighted by atomic mass is 10.5. The third-order valence-corrected chi connectivity index (χ3v) is 1.87. The number of hydrogen-bond acceptors (Lipinski definition) is 4. The number of urea groups is 1. The van der Waals surface area contributed by atoms with Gasteiger partial charge in [0, 0.05) is 13.7 Å². The Morgan fingerprint density at radius 2 is 2.33 bits per heavy atom. The van der Waals surface area contributed by atoms with Crippen LogP contribution in [0.2, 0.25) is 0 Å². The Kier molecular flexibility index (Phi) is 4.04. The van der Waals surface area contributed by atoms with Gasteiger partial charge in [-0.3, -0.25) is 14.5 Å². The van der Waals surface area contributed by atoms with E-state index in [0.29, 0.717) is 13.2 Å². The van der Waals surface area contributed by atoms with Crippen molar-refractivity contribution in [2.75, 3.05) is 33.4 Å². The van der Waals surface area contributed by atoms with Crippen molar-refractivity contribution in [3.63, 3.8) is 0 Å². The molecular formula is C8H13N3O4. The number of imide groups is 1. The molecule has 0 aliphatic carbocycles. The van der Waals surface area contributed by atoms with Gasteiger partial charge < -0.3 is 15.4 Å². The predicted molar refractivity (Wildman–Crippen MR) is 50.0 cm³/mol. The number of carbonyl (C=O) groups is 3. The fraction of sp³-hybridized carbons (Fsp3) is 0.625. The Morgan fingerprint density at radius 3 is 2.87 bits per heavy atom. The molecule has 0 saturated carbocycles. The molecule has 0 radical (unpaired) electrons. The molecule has 1 fully saturated rings. The fourth-order valence-corrected chi connectivity index (χ4v) is 1.11. The zero-order chi connectivity index (χ0) is 11.3. The average molecular weight is 215 g/mol. The van der Waals surface area contributed by atoms with Gasteiger partial charge in [0.2, 0.25) is 5.91 Å². The van der Waals surface area contributed by atoms with Crippen molar-refractivity contribution in [2.24, 2.45) is 0 Å². The Bertz CT molecular complexity index is 263. The highest BCUT2D eigenvalue weighted by atomic mass is 16.5. The molecule has 0 aromatic rings. The summed E-state index contributed by atoms with van der Waals surface area (Å²) in [6.07, 6.45) is 0. The first-order chi connectivity index (χ1) is 7.15. The van der Waals surface area contributed by atoms with Gasteiger partial charge in [0.25, 0.3) is 5.91 Å². The fourth-order valence-electron chi connectivity index (χ4n) is 1.11. The molecule has 84 valence electrons. The summed E-state index contributed by atoms with van der Waals surface area (Å²) in [5.41, 5.74) is 0. The monoisotopic (exact) mass is 215 g/mol. The van der Waals surface area contributed by atoms with Crippen molar-refractivity contribution in [1.82, 2.24) is 15.5 Å². The number of nitrogens with zero attached hydrogens (tertiary/aromatic N) is 1. The topological polar surface area (TPSA) is 87.7 Å². The Labute approximate surface area is 86.7 Å². The minimum atomic E-state index is -0.526. The first-order valence-electron chi connectivity index (χ1n) is 4.49. The van der Waals surface area contributed by atoms with Gasteiger partial charge in [0.15, 0.2) is 0 Å². The van der Waals surface area contributed by atoms with E-state index in [4.69, 9.17) is 4.74 Å². The highest BCUT2D eigenvalue weighted by molar-refractivity contribution is 6.04. The van der Waals surface area contributed by atoms with E-state index in [-0.39, 0.29) is 24.9 Å². The summed E-state index contributed by atoms with van der Waals surface area (Å²) >= 11 is 0. The highest BCUT2D eigenvalue weighted by Crippen LogP contribution is 1.97. The minimum Gasteiger partial charge on any atom is -0.383 e. The van der Waals surface area contributed by atoms with E-state index in [2.05, 4.69) is 10.6 Å². The molecule has 0 bridgehead atoms. The van der Waals surface area contributed by atoms with Gasteiger partial charge in [0.1, 0.15) is 6.54 Å². The van der Waals surface area contributed by atoms with Gasteiger partial charge in [-0.15, -0.1) is 0 Å². The molecule has 0 aromatic carbocycles. The molecule has 0 atom stereocenters. The third kappa shape index (κ3) is 3.21. The van der Waals surface area contributed by atoms with Crippen LogP contribution in [0.1, 0.15) is 0 Å². The number of carbonyl (C=O) groups excluding carboxylic acids is 3. The van der Waals surface area contributed by atoms with E-state index in [1.807, 2.05) is 0 Å². The molecule has 0 spiro atoms. The Morgan fingerprint density at radius 1 is 1.60 bits per heavy atom. The molecule has 1 rings (SSSR count). The van der Waals surface area contributed by atoms with Crippen LogP contribution in [0.15, 0.2) is 0 Å². The highest BCUT2D eigenvalue weighted by Gasteiger charge is 2.29. The van der Waals surface area contributed by atoms with Crippen LogP contribution in [0.25, 0.3) is 0 Å². The zero-order valence-corrected chi connectivity index (χ0v) is 8.41. The van der Waals surface area contributed by atoms with Crippen LogP contribution in [0.5, 0.6) is 0 Å². The smallest absolute Gasteiger partial charge is 0.325 e. The van der Waals surface area contributed by atoms with Crippen LogP contribution >= 0.6 is 0 Å². The Balaban J connectivity index is 2.31. The number of hydrogen-bond donors (Lipinski definition) is 2.